The number of carboxylic acids is 1. The van der Waals surface area contributed by atoms with Crippen molar-refractivity contribution in [2.75, 3.05) is 12.1 Å². The summed E-state index contributed by atoms with van der Waals surface area (Å²) in [4.78, 5) is 32.6. The van der Waals surface area contributed by atoms with Crippen LogP contribution in [0.15, 0.2) is 59.7 Å². The molecule has 202 valence electrons. The van der Waals surface area contributed by atoms with Crippen LogP contribution in [0.1, 0.15) is 41.0 Å². The maximum atomic E-state index is 13.9. The molecule has 2 aromatic carbocycles. The molecule has 1 atom stereocenters. The number of aromatic amines is 1. The van der Waals surface area contributed by atoms with Gasteiger partial charge in [-0.2, -0.15) is 0 Å². The molecule has 1 aliphatic heterocycles. The van der Waals surface area contributed by atoms with Crippen LogP contribution >= 0.6 is 0 Å². The topological polar surface area (TPSA) is 194 Å². The van der Waals surface area contributed by atoms with Crippen molar-refractivity contribution in [1.29, 1.82) is 5.41 Å². The lowest BCUT2D eigenvalue weighted by molar-refractivity contribution is -0.134. The number of carbonyl (C=O) groups is 1. The van der Waals surface area contributed by atoms with Crippen molar-refractivity contribution < 1.29 is 23.8 Å². The van der Waals surface area contributed by atoms with Gasteiger partial charge in [0.1, 0.15) is 24.3 Å². The number of H-pyrrole nitrogens is 1. The molecule has 5 rings (SSSR count). The van der Waals surface area contributed by atoms with E-state index in [1.165, 1.54) is 12.4 Å². The highest BCUT2D eigenvalue weighted by Crippen LogP contribution is 2.34. The number of rotatable bonds is 7. The van der Waals surface area contributed by atoms with E-state index >= 15 is 0 Å². The van der Waals surface area contributed by atoms with Gasteiger partial charge in [-0.15, -0.1) is 9.78 Å². The smallest absolute Gasteiger partial charge is 0.350 e. The Morgan fingerprint density at radius 3 is 2.62 bits per heavy atom. The largest absolute Gasteiger partial charge is 0.481 e. The van der Waals surface area contributed by atoms with Crippen molar-refractivity contribution >= 4 is 17.5 Å². The Balaban J connectivity index is 0.000000826. The van der Waals surface area contributed by atoms with Crippen LogP contribution in [-0.4, -0.2) is 48.4 Å². The number of fused-ring (bicyclic) bond motifs is 1. The van der Waals surface area contributed by atoms with Gasteiger partial charge < -0.3 is 25.6 Å². The maximum absolute atomic E-state index is 13.9. The maximum Gasteiger partial charge on any atom is 0.350 e. The molecule has 6 N–H and O–H groups in total. The number of nitrogens with zero attached hydrogens (tertiary/aromatic N) is 4. The number of ether oxygens (including phenoxy) is 2. The molecule has 0 aliphatic carbocycles. The minimum absolute atomic E-state index is 0.0539. The van der Waals surface area contributed by atoms with Crippen molar-refractivity contribution in [3.63, 3.8) is 0 Å². The summed E-state index contributed by atoms with van der Waals surface area (Å²) in [5, 5.41) is 22.8. The fourth-order valence-electron chi connectivity index (χ4n) is 3.82. The number of aliphatic carboxylic acids is 1. The zero-order valence-electron chi connectivity index (χ0n) is 20.7. The number of benzene rings is 2. The van der Waals surface area contributed by atoms with Gasteiger partial charge >= 0.3 is 5.69 Å². The lowest BCUT2D eigenvalue weighted by Gasteiger charge is -2.24. The summed E-state index contributed by atoms with van der Waals surface area (Å²) in [6, 6.07) is 11.3. The molecule has 14 heteroatoms. The number of nitrogens with two attached hydrogens (primary N) is 1. The molecule has 1 aliphatic rings. The molecule has 0 amide bonds. The van der Waals surface area contributed by atoms with Gasteiger partial charge in [-0.1, -0.05) is 0 Å². The molecule has 0 unspecified atom stereocenters. The number of alkyl halides is 1. The van der Waals surface area contributed by atoms with Gasteiger partial charge in [-0.25, -0.2) is 19.2 Å². The summed E-state index contributed by atoms with van der Waals surface area (Å²) >= 11 is 0. The molecule has 0 fully saturated rings. The van der Waals surface area contributed by atoms with Crippen molar-refractivity contribution in [2.45, 2.75) is 26.2 Å². The third kappa shape index (κ3) is 6.42. The Bertz CT molecular complexity index is 1500. The number of nitrogen functional groups attached to an aromatic ring is 1. The Morgan fingerprint density at radius 2 is 1.97 bits per heavy atom. The SMILES string of the molecule is CC(=O)O.N=C(N)c1ccc(N[C@@H](c2cc(CF)c3c(c2)COCO3)c2nn(-c3ncccn3)c(=O)[nH]2)cc1. The van der Waals surface area contributed by atoms with E-state index in [-0.39, 0.29) is 31.0 Å². The minimum atomic E-state index is -0.833. The van der Waals surface area contributed by atoms with Gasteiger partial charge in [0.2, 0.25) is 0 Å². The number of halogens is 1. The highest BCUT2D eigenvalue weighted by atomic mass is 19.1. The highest BCUT2D eigenvalue weighted by Gasteiger charge is 2.25. The standard InChI is InChI=1S/C23H21FN8O3.C2H4O2/c24-10-15-8-14(9-16-11-34-12-35-19(15)16)18(29-17-4-2-13(3-5-17)20(25)26)21-30-23(33)32(31-21)22-27-6-1-7-28-22;1-2(3)4/h1-9,18,29H,10-12H2,(H3,25,26)(H,30,31,33);1H3,(H,3,4)/t18-;/m0./s1. The molecule has 2 aromatic heterocycles. The molecule has 0 saturated heterocycles. The van der Waals surface area contributed by atoms with Crippen molar-refractivity contribution in [1.82, 2.24) is 24.7 Å². The van der Waals surface area contributed by atoms with Crippen LogP contribution in [0.25, 0.3) is 5.95 Å². The van der Waals surface area contributed by atoms with Crippen LogP contribution in [0.4, 0.5) is 10.1 Å². The quantitative estimate of drug-likeness (QED) is 0.173. The second kappa shape index (κ2) is 12.0. The Morgan fingerprint density at radius 1 is 1.28 bits per heavy atom. The first-order valence-electron chi connectivity index (χ1n) is 11.6. The number of hydrogen-bond acceptors (Lipinski definition) is 9. The monoisotopic (exact) mass is 536 g/mol. The second-order valence-corrected chi connectivity index (χ2v) is 8.28. The Hall–Kier alpha value is -5.11. The summed E-state index contributed by atoms with van der Waals surface area (Å²) in [5.41, 5.74) is 7.95. The van der Waals surface area contributed by atoms with Crippen LogP contribution in [0.5, 0.6) is 5.75 Å². The molecular weight excluding hydrogens is 511 g/mol. The first kappa shape index (κ1) is 26.9. The van der Waals surface area contributed by atoms with Crippen LogP contribution in [0.2, 0.25) is 0 Å². The summed E-state index contributed by atoms with van der Waals surface area (Å²) < 4.78 is 25.9. The van der Waals surface area contributed by atoms with Gasteiger partial charge in [0, 0.05) is 41.7 Å². The molecule has 0 bridgehead atoms. The molecule has 4 aromatic rings. The van der Waals surface area contributed by atoms with Gasteiger partial charge in [0.15, 0.2) is 12.6 Å². The van der Waals surface area contributed by atoms with E-state index in [9.17, 15) is 9.18 Å². The number of nitrogens with one attached hydrogen (secondary N) is 3. The number of aromatic nitrogens is 5. The van der Waals surface area contributed by atoms with Crippen LogP contribution in [0.3, 0.4) is 0 Å². The zero-order chi connectivity index (χ0) is 27.9. The molecule has 0 spiro atoms. The van der Waals surface area contributed by atoms with Gasteiger partial charge in [-0.05, 0) is 48.0 Å². The molecular formula is C25H25FN8O5. The number of hydrogen-bond donors (Lipinski definition) is 5. The first-order chi connectivity index (χ1) is 18.8. The molecule has 0 radical (unpaired) electrons. The van der Waals surface area contributed by atoms with E-state index in [1.807, 2.05) is 6.07 Å². The lowest BCUT2D eigenvalue weighted by Crippen LogP contribution is -2.18. The average Bonchev–Trinajstić information content (AvgIpc) is 3.32. The molecule has 39 heavy (non-hydrogen) atoms. The third-order valence-electron chi connectivity index (χ3n) is 5.44. The summed E-state index contributed by atoms with van der Waals surface area (Å²) in [6.07, 6.45) is 3.01. The van der Waals surface area contributed by atoms with Crippen molar-refractivity contribution in [3.05, 3.63) is 93.4 Å². The van der Waals surface area contributed by atoms with E-state index in [0.717, 1.165) is 11.6 Å². The van der Waals surface area contributed by atoms with Crippen LogP contribution < -0.4 is 21.5 Å². The number of anilines is 1. The van der Waals surface area contributed by atoms with Crippen LogP contribution in [-0.2, 0) is 22.8 Å². The van der Waals surface area contributed by atoms with Crippen LogP contribution in [0, 0.1) is 5.41 Å². The Labute approximate surface area is 221 Å². The second-order valence-electron chi connectivity index (χ2n) is 8.28. The number of amidine groups is 1. The van der Waals surface area contributed by atoms with Crippen molar-refractivity contribution in [2.24, 2.45) is 5.73 Å². The van der Waals surface area contributed by atoms with Gasteiger partial charge in [0.25, 0.3) is 11.9 Å². The van der Waals surface area contributed by atoms with Crippen molar-refractivity contribution in [3.8, 4) is 11.7 Å². The minimum Gasteiger partial charge on any atom is -0.481 e. The average molecular weight is 537 g/mol. The van der Waals surface area contributed by atoms with E-state index in [4.69, 9.17) is 30.5 Å². The fraction of sp³-hybridized carbons (Fsp3) is 0.200. The summed E-state index contributed by atoms with van der Waals surface area (Å²) in [7, 11) is 0. The molecule has 0 saturated carbocycles. The highest BCUT2D eigenvalue weighted by molar-refractivity contribution is 5.95. The van der Waals surface area contributed by atoms with Gasteiger partial charge in [-0.3, -0.25) is 15.2 Å². The first-order valence-corrected chi connectivity index (χ1v) is 11.6. The van der Waals surface area contributed by atoms with E-state index in [0.29, 0.717) is 33.7 Å². The van der Waals surface area contributed by atoms with Gasteiger partial charge in [0.05, 0.1) is 6.61 Å². The lowest BCUT2D eigenvalue weighted by atomic mass is 9.98. The predicted molar refractivity (Wildman–Crippen MR) is 138 cm³/mol. The van der Waals surface area contributed by atoms with E-state index in [2.05, 4.69) is 25.4 Å². The predicted octanol–water partition coefficient (Wildman–Crippen LogP) is 2.26. The fourth-order valence-corrected chi connectivity index (χ4v) is 3.82. The molecule has 13 nitrogen and oxygen atoms in total. The Kier molecular flexibility index (Phi) is 8.26. The zero-order valence-corrected chi connectivity index (χ0v) is 20.7. The molecule has 3 heterocycles. The van der Waals surface area contributed by atoms with E-state index < -0.39 is 24.4 Å². The summed E-state index contributed by atoms with van der Waals surface area (Å²) in [5.74, 6) is -0.0492. The third-order valence-corrected chi connectivity index (χ3v) is 5.44. The van der Waals surface area contributed by atoms with E-state index in [1.54, 1.807) is 36.4 Å². The summed E-state index contributed by atoms with van der Waals surface area (Å²) in [6.45, 7) is 0.663. The normalized spacial score (nSPS) is 12.8. The number of carboxylic acid groups (broad SMARTS) is 1.